The number of aliphatic hydroxyl groups excluding tert-OH is 5. The second kappa shape index (κ2) is 12.4. The van der Waals surface area contributed by atoms with Crippen molar-refractivity contribution in [3.05, 3.63) is 39.9 Å². The number of fused-ring (bicyclic) bond motifs is 5. The van der Waals surface area contributed by atoms with E-state index in [0.29, 0.717) is 18.4 Å². The van der Waals surface area contributed by atoms with Gasteiger partial charge < -0.3 is 30.8 Å². The van der Waals surface area contributed by atoms with Gasteiger partial charge in [-0.05, 0) is 115 Å². The number of hydrogen-bond acceptors (Lipinski definition) is 8. The minimum absolute atomic E-state index is 0.0233. The number of benzene rings is 1. The van der Waals surface area contributed by atoms with Crippen LogP contribution >= 0.6 is 0 Å². The summed E-state index contributed by atoms with van der Waals surface area (Å²) < 4.78 is 0. The molecule has 0 aromatic heterocycles. The van der Waals surface area contributed by atoms with Crippen LogP contribution in [0.15, 0.2) is 24.3 Å². The van der Waals surface area contributed by atoms with E-state index in [2.05, 4.69) is 26.1 Å². The highest BCUT2D eigenvalue weighted by atomic mass is 16.6. The Bertz CT molecular complexity index is 1160. The van der Waals surface area contributed by atoms with Crippen molar-refractivity contribution < 1.29 is 35.3 Å². The summed E-state index contributed by atoms with van der Waals surface area (Å²) in [5.74, 6) is 0.908. The molecule has 1 aromatic rings. The van der Waals surface area contributed by atoms with Crippen LogP contribution in [0.1, 0.15) is 90.2 Å². The van der Waals surface area contributed by atoms with E-state index >= 15 is 0 Å². The van der Waals surface area contributed by atoms with Crippen molar-refractivity contribution in [2.45, 2.75) is 109 Å². The molecular weight excluding hydrogens is 552 g/mol. The number of hydrogen-bond donors (Lipinski definition) is 6. The third-order valence-electron chi connectivity index (χ3n) is 12.7. The van der Waals surface area contributed by atoms with E-state index in [4.69, 9.17) is 0 Å². The lowest BCUT2D eigenvalue weighted by Crippen LogP contribution is -2.62. The van der Waals surface area contributed by atoms with Gasteiger partial charge in [0.2, 0.25) is 5.91 Å². The summed E-state index contributed by atoms with van der Waals surface area (Å²) in [5.41, 5.74) is -0.0755. The van der Waals surface area contributed by atoms with E-state index in [1.54, 1.807) is 0 Å². The average molecular weight is 603 g/mol. The predicted octanol–water partition coefficient (Wildman–Crippen LogP) is 3.48. The number of aliphatic hydroxyl groups is 5. The van der Waals surface area contributed by atoms with Gasteiger partial charge in [-0.2, -0.15) is 0 Å². The van der Waals surface area contributed by atoms with E-state index in [1.165, 1.54) is 24.3 Å². The zero-order chi connectivity index (χ0) is 31.3. The molecule has 6 N–H and O–H groups in total. The molecule has 0 bridgehead atoms. The van der Waals surface area contributed by atoms with Crippen LogP contribution < -0.4 is 5.32 Å². The summed E-state index contributed by atoms with van der Waals surface area (Å²) in [6, 6.07) is 4.43. The number of rotatable bonds is 9. The van der Waals surface area contributed by atoms with Crippen molar-refractivity contribution >= 4 is 11.6 Å². The zero-order valence-electron chi connectivity index (χ0n) is 25.6. The van der Waals surface area contributed by atoms with Crippen LogP contribution in [0, 0.1) is 56.5 Å². The summed E-state index contributed by atoms with van der Waals surface area (Å²) >= 11 is 0. The average Bonchev–Trinajstić information content (AvgIpc) is 3.34. The topological polar surface area (TPSA) is 173 Å². The second-order valence-corrected chi connectivity index (χ2v) is 14.7. The van der Waals surface area contributed by atoms with Gasteiger partial charge in [-0.3, -0.25) is 14.9 Å². The van der Waals surface area contributed by atoms with E-state index in [9.17, 15) is 40.4 Å². The maximum atomic E-state index is 12.9. The van der Waals surface area contributed by atoms with Crippen molar-refractivity contribution in [3.8, 4) is 0 Å². The van der Waals surface area contributed by atoms with Crippen LogP contribution in [0.4, 0.5) is 5.69 Å². The van der Waals surface area contributed by atoms with E-state index in [1.807, 2.05) is 0 Å². The standard InChI is InChI=1S/C33H50N2O8/c1-18(4-11-29(40)34-26(17-36)31(41)19-5-7-21(8-6-19)35(42)43)23-9-10-24-30-25(16-28(39)33(23,24)3)32(2)13-12-22(37)14-20(32)15-27(30)38/h5-8,18,20,22-28,30-31,36-39,41H,4,9-17H2,1-3H3,(H,34,40)/t18-,20+,22-,23-,24+,25+,26-,27?,28+,30+,31-,32+,33-/m1/s1. The highest BCUT2D eigenvalue weighted by molar-refractivity contribution is 5.76. The summed E-state index contributed by atoms with van der Waals surface area (Å²) in [4.78, 5) is 23.3. The fraction of sp³-hybridized carbons (Fsp3) is 0.788. The zero-order valence-corrected chi connectivity index (χ0v) is 25.6. The minimum atomic E-state index is -1.22. The normalized spacial score (nSPS) is 40.8. The van der Waals surface area contributed by atoms with Gasteiger partial charge in [0, 0.05) is 18.6 Å². The molecule has 1 amide bonds. The van der Waals surface area contributed by atoms with E-state index < -0.39 is 35.9 Å². The molecule has 10 heteroatoms. The number of nitro benzene ring substituents is 1. The summed E-state index contributed by atoms with van der Waals surface area (Å²) in [5, 5.41) is 67.8. The number of carbonyl (C=O) groups excluding carboxylic acids is 1. The molecule has 0 spiro atoms. The molecule has 240 valence electrons. The fourth-order valence-electron chi connectivity index (χ4n) is 10.2. The van der Waals surface area contributed by atoms with Crippen molar-refractivity contribution in [1.82, 2.24) is 5.32 Å². The van der Waals surface area contributed by atoms with Crippen LogP contribution in [0.2, 0.25) is 0 Å². The molecule has 1 aromatic carbocycles. The highest BCUT2D eigenvalue weighted by Gasteiger charge is 2.65. The summed E-state index contributed by atoms with van der Waals surface area (Å²) in [7, 11) is 0. The first-order chi connectivity index (χ1) is 20.3. The Balaban J connectivity index is 1.21. The highest BCUT2D eigenvalue weighted by Crippen LogP contribution is 2.68. The first-order valence-electron chi connectivity index (χ1n) is 16.2. The van der Waals surface area contributed by atoms with Crippen LogP contribution in [-0.2, 0) is 4.79 Å². The molecule has 0 heterocycles. The van der Waals surface area contributed by atoms with E-state index in [-0.39, 0.29) is 70.5 Å². The quantitative estimate of drug-likeness (QED) is 0.184. The molecule has 4 saturated carbocycles. The largest absolute Gasteiger partial charge is 0.394 e. The first-order valence-corrected chi connectivity index (χ1v) is 16.2. The van der Waals surface area contributed by atoms with Gasteiger partial charge in [0.05, 0.1) is 35.9 Å². The minimum Gasteiger partial charge on any atom is -0.394 e. The Labute approximate surface area is 254 Å². The van der Waals surface area contributed by atoms with Crippen LogP contribution in [0.25, 0.3) is 0 Å². The van der Waals surface area contributed by atoms with Gasteiger partial charge in [-0.1, -0.05) is 20.8 Å². The number of nitrogens with one attached hydrogen (secondary N) is 1. The first kappa shape index (κ1) is 32.3. The molecule has 4 aliphatic rings. The van der Waals surface area contributed by atoms with E-state index in [0.717, 1.165) is 38.5 Å². The Morgan fingerprint density at radius 1 is 1.07 bits per heavy atom. The molecule has 0 radical (unpaired) electrons. The Hall–Kier alpha value is -2.11. The van der Waals surface area contributed by atoms with Crippen molar-refractivity contribution in [2.75, 3.05) is 6.61 Å². The Morgan fingerprint density at radius 3 is 2.42 bits per heavy atom. The molecule has 13 atom stereocenters. The molecule has 0 saturated heterocycles. The SMILES string of the molecule is C[C@H](CCC(=O)N[C@H](CO)[C@H](O)c1ccc([N+](=O)[O-])cc1)[C@H]1CC[C@H]2[C@@H]3C(O)C[C@@H]4C[C@H](O)CC[C@]4(C)[C@H]3C[C@H](O)[C@]12C. The van der Waals surface area contributed by atoms with Gasteiger partial charge >= 0.3 is 0 Å². The lowest BCUT2D eigenvalue weighted by Gasteiger charge is -2.63. The monoisotopic (exact) mass is 602 g/mol. The smallest absolute Gasteiger partial charge is 0.269 e. The van der Waals surface area contributed by atoms with Gasteiger partial charge in [-0.15, -0.1) is 0 Å². The lowest BCUT2D eigenvalue weighted by atomic mass is 9.43. The maximum Gasteiger partial charge on any atom is 0.269 e. The molecule has 1 unspecified atom stereocenters. The molecule has 43 heavy (non-hydrogen) atoms. The van der Waals surface area contributed by atoms with Crippen molar-refractivity contribution in [1.29, 1.82) is 0 Å². The van der Waals surface area contributed by atoms with Crippen molar-refractivity contribution in [3.63, 3.8) is 0 Å². The maximum absolute atomic E-state index is 12.9. The number of carbonyl (C=O) groups is 1. The number of nitrogens with zero attached hydrogens (tertiary/aromatic N) is 1. The van der Waals surface area contributed by atoms with Crippen molar-refractivity contribution in [2.24, 2.45) is 46.3 Å². The summed E-state index contributed by atoms with van der Waals surface area (Å²) in [6.07, 6.45) is 4.08. The third-order valence-corrected chi connectivity index (χ3v) is 12.7. The Morgan fingerprint density at radius 2 is 1.77 bits per heavy atom. The molecular formula is C33H50N2O8. The second-order valence-electron chi connectivity index (χ2n) is 14.7. The molecule has 0 aliphatic heterocycles. The number of nitro groups is 1. The third kappa shape index (κ3) is 5.74. The molecule has 4 aliphatic carbocycles. The fourth-order valence-corrected chi connectivity index (χ4v) is 10.2. The Kier molecular flexibility index (Phi) is 9.27. The van der Waals surface area contributed by atoms with Crippen LogP contribution in [0.3, 0.4) is 0 Å². The number of non-ortho nitro benzene ring substituents is 1. The molecule has 4 fully saturated rings. The van der Waals surface area contributed by atoms with Crippen LogP contribution in [-0.4, -0.2) is 67.3 Å². The summed E-state index contributed by atoms with van der Waals surface area (Å²) in [6.45, 7) is 6.17. The van der Waals surface area contributed by atoms with Gasteiger partial charge in [0.15, 0.2) is 0 Å². The van der Waals surface area contributed by atoms with Crippen LogP contribution in [0.5, 0.6) is 0 Å². The number of amides is 1. The van der Waals surface area contributed by atoms with Gasteiger partial charge in [0.25, 0.3) is 5.69 Å². The molecule has 10 nitrogen and oxygen atoms in total. The lowest BCUT2D eigenvalue weighted by molar-refractivity contribution is -0.384. The van der Waals surface area contributed by atoms with Gasteiger partial charge in [-0.25, -0.2) is 0 Å². The predicted molar refractivity (Wildman–Crippen MR) is 159 cm³/mol. The van der Waals surface area contributed by atoms with Gasteiger partial charge in [0.1, 0.15) is 6.10 Å². The molecule has 5 rings (SSSR count).